The lowest BCUT2D eigenvalue weighted by molar-refractivity contribution is 0.622. The van der Waals surface area contributed by atoms with E-state index in [-0.39, 0.29) is 6.04 Å². The van der Waals surface area contributed by atoms with Gasteiger partial charge in [0.05, 0.1) is 6.04 Å². The molecule has 0 aliphatic heterocycles. The molecule has 1 aromatic rings. The van der Waals surface area contributed by atoms with Crippen LogP contribution in [0.1, 0.15) is 18.5 Å². The lowest BCUT2D eigenvalue weighted by Crippen LogP contribution is -2.28. The maximum Gasteiger partial charge on any atom is 0.115 e. The zero-order valence-electron chi connectivity index (χ0n) is 6.99. The fourth-order valence-electron chi connectivity index (χ4n) is 0.983. The summed E-state index contributed by atoms with van der Waals surface area (Å²) in [4.78, 5) is 7.78. The second-order valence-electron chi connectivity index (χ2n) is 2.62. The van der Waals surface area contributed by atoms with Crippen molar-refractivity contribution >= 4 is 0 Å². The molecule has 0 aromatic carbocycles. The Labute approximate surface area is 71.5 Å². The Bertz CT molecular complexity index is 257. The van der Waals surface area contributed by atoms with E-state index < -0.39 is 0 Å². The van der Waals surface area contributed by atoms with Gasteiger partial charge in [-0.05, 0) is 6.92 Å². The largest absolute Gasteiger partial charge is 0.271 e. The Hall–Kier alpha value is -1.26. The summed E-state index contributed by atoms with van der Waals surface area (Å²) in [6.45, 7) is 5.70. The Morgan fingerprint density at radius 2 is 2.17 bits per heavy atom. The van der Waals surface area contributed by atoms with Crippen molar-refractivity contribution in [3.05, 3.63) is 36.4 Å². The van der Waals surface area contributed by atoms with Gasteiger partial charge in [-0.2, -0.15) is 0 Å². The Morgan fingerprint density at radius 3 is 2.58 bits per heavy atom. The second-order valence-corrected chi connectivity index (χ2v) is 2.62. The van der Waals surface area contributed by atoms with Crippen molar-refractivity contribution in [3.63, 3.8) is 0 Å². The van der Waals surface area contributed by atoms with Crippen molar-refractivity contribution in [2.75, 3.05) is 0 Å². The van der Waals surface area contributed by atoms with E-state index in [2.05, 4.69) is 22.0 Å². The molecular formula is C8H12N4. The molecule has 1 rings (SSSR count). The van der Waals surface area contributed by atoms with Crippen LogP contribution in [0.25, 0.3) is 0 Å². The van der Waals surface area contributed by atoms with Gasteiger partial charge in [0.15, 0.2) is 0 Å². The normalized spacial score (nSPS) is 12.5. The highest BCUT2D eigenvalue weighted by molar-refractivity contribution is 5.19. The van der Waals surface area contributed by atoms with Crippen molar-refractivity contribution in [2.24, 2.45) is 5.84 Å². The van der Waals surface area contributed by atoms with E-state index in [1.165, 1.54) is 6.33 Å². The SMILES string of the molecule is C=C(C)C(NN)c1cncnc1. The fraction of sp³-hybridized carbons (Fsp3) is 0.250. The van der Waals surface area contributed by atoms with E-state index in [9.17, 15) is 0 Å². The van der Waals surface area contributed by atoms with Crippen LogP contribution in [0.15, 0.2) is 30.9 Å². The summed E-state index contributed by atoms with van der Waals surface area (Å²) < 4.78 is 0. The monoisotopic (exact) mass is 164 g/mol. The zero-order chi connectivity index (χ0) is 8.97. The average Bonchev–Trinajstić information content (AvgIpc) is 2.07. The van der Waals surface area contributed by atoms with E-state index in [4.69, 9.17) is 5.84 Å². The summed E-state index contributed by atoms with van der Waals surface area (Å²) in [5.41, 5.74) is 4.50. The van der Waals surface area contributed by atoms with Crippen LogP contribution in [0, 0.1) is 0 Å². The van der Waals surface area contributed by atoms with E-state index in [0.29, 0.717) is 0 Å². The Kier molecular flexibility index (Phi) is 2.90. The van der Waals surface area contributed by atoms with Gasteiger partial charge < -0.3 is 0 Å². The van der Waals surface area contributed by atoms with Crippen molar-refractivity contribution < 1.29 is 0 Å². The van der Waals surface area contributed by atoms with Crippen molar-refractivity contribution in [1.29, 1.82) is 0 Å². The number of hydrazine groups is 1. The predicted molar refractivity (Wildman–Crippen MR) is 46.9 cm³/mol. The molecule has 0 amide bonds. The first kappa shape index (κ1) is 8.83. The highest BCUT2D eigenvalue weighted by Gasteiger charge is 2.09. The van der Waals surface area contributed by atoms with Gasteiger partial charge in [0, 0.05) is 18.0 Å². The van der Waals surface area contributed by atoms with Gasteiger partial charge >= 0.3 is 0 Å². The van der Waals surface area contributed by atoms with Crippen molar-refractivity contribution in [2.45, 2.75) is 13.0 Å². The van der Waals surface area contributed by atoms with Gasteiger partial charge in [0.25, 0.3) is 0 Å². The molecule has 1 aromatic heterocycles. The topological polar surface area (TPSA) is 63.8 Å². The molecule has 3 N–H and O–H groups in total. The van der Waals surface area contributed by atoms with Gasteiger partial charge in [0.2, 0.25) is 0 Å². The Morgan fingerprint density at radius 1 is 1.58 bits per heavy atom. The van der Waals surface area contributed by atoms with Crippen LogP contribution >= 0.6 is 0 Å². The average molecular weight is 164 g/mol. The van der Waals surface area contributed by atoms with Crippen molar-refractivity contribution in [1.82, 2.24) is 15.4 Å². The molecule has 1 unspecified atom stereocenters. The van der Waals surface area contributed by atoms with Gasteiger partial charge in [0.1, 0.15) is 6.33 Å². The molecular weight excluding hydrogens is 152 g/mol. The molecule has 1 atom stereocenters. The third-order valence-corrected chi connectivity index (χ3v) is 1.57. The van der Waals surface area contributed by atoms with Crippen LogP contribution in [-0.4, -0.2) is 9.97 Å². The van der Waals surface area contributed by atoms with Crippen LogP contribution in [0.4, 0.5) is 0 Å². The molecule has 4 heteroatoms. The smallest absolute Gasteiger partial charge is 0.115 e. The standard InChI is InChI=1S/C8H12N4/c1-6(2)8(12-9)7-3-10-5-11-4-7/h3-5,8,12H,1,9H2,2H3. The third kappa shape index (κ3) is 1.87. The molecule has 0 fully saturated rings. The number of hydrogen-bond acceptors (Lipinski definition) is 4. The van der Waals surface area contributed by atoms with E-state index in [0.717, 1.165) is 11.1 Å². The summed E-state index contributed by atoms with van der Waals surface area (Å²) in [6, 6.07) is -0.0637. The number of rotatable bonds is 3. The molecule has 4 nitrogen and oxygen atoms in total. The van der Waals surface area contributed by atoms with Crippen molar-refractivity contribution in [3.8, 4) is 0 Å². The summed E-state index contributed by atoms with van der Waals surface area (Å²) in [6.07, 6.45) is 4.91. The summed E-state index contributed by atoms with van der Waals surface area (Å²) >= 11 is 0. The first-order chi connectivity index (χ1) is 5.75. The first-order valence-corrected chi connectivity index (χ1v) is 3.62. The first-order valence-electron chi connectivity index (χ1n) is 3.62. The fourth-order valence-corrected chi connectivity index (χ4v) is 0.983. The molecule has 0 saturated carbocycles. The maximum atomic E-state index is 5.34. The Balaban J connectivity index is 2.88. The molecule has 12 heavy (non-hydrogen) atoms. The minimum absolute atomic E-state index is 0.0637. The predicted octanol–water partition coefficient (Wildman–Crippen LogP) is 0.557. The summed E-state index contributed by atoms with van der Waals surface area (Å²) in [5, 5.41) is 0. The van der Waals surface area contributed by atoms with Crippen LogP contribution in [-0.2, 0) is 0 Å². The molecule has 0 bridgehead atoms. The summed E-state index contributed by atoms with van der Waals surface area (Å²) in [7, 11) is 0. The lowest BCUT2D eigenvalue weighted by Gasteiger charge is -2.14. The number of nitrogens with zero attached hydrogens (tertiary/aromatic N) is 2. The van der Waals surface area contributed by atoms with Crippen LogP contribution in [0.3, 0.4) is 0 Å². The van der Waals surface area contributed by atoms with Gasteiger partial charge in [-0.15, -0.1) is 0 Å². The van der Waals surface area contributed by atoms with Crippen LogP contribution in [0.5, 0.6) is 0 Å². The lowest BCUT2D eigenvalue weighted by atomic mass is 10.1. The van der Waals surface area contributed by atoms with Gasteiger partial charge in [-0.25, -0.2) is 15.4 Å². The molecule has 64 valence electrons. The van der Waals surface area contributed by atoms with Crippen LogP contribution in [0.2, 0.25) is 0 Å². The quantitative estimate of drug-likeness (QED) is 0.389. The molecule has 0 aliphatic rings. The number of hydrogen-bond donors (Lipinski definition) is 2. The molecule has 0 aliphatic carbocycles. The maximum absolute atomic E-state index is 5.34. The van der Waals surface area contributed by atoms with Crippen LogP contribution < -0.4 is 11.3 Å². The molecule has 0 radical (unpaired) electrons. The minimum atomic E-state index is -0.0637. The third-order valence-electron chi connectivity index (χ3n) is 1.57. The number of nitrogens with two attached hydrogens (primary N) is 1. The molecule has 0 spiro atoms. The highest BCUT2D eigenvalue weighted by Crippen LogP contribution is 2.16. The summed E-state index contributed by atoms with van der Waals surface area (Å²) in [5.74, 6) is 5.34. The van der Waals surface area contributed by atoms with E-state index in [1.807, 2.05) is 6.92 Å². The second kappa shape index (κ2) is 3.94. The minimum Gasteiger partial charge on any atom is -0.271 e. The molecule has 0 saturated heterocycles. The van der Waals surface area contributed by atoms with E-state index in [1.54, 1.807) is 12.4 Å². The van der Waals surface area contributed by atoms with E-state index >= 15 is 0 Å². The van der Waals surface area contributed by atoms with Gasteiger partial charge in [-0.1, -0.05) is 12.2 Å². The van der Waals surface area contributed by atoms with Gasteiger partial charge in [-0.3, -0.25) is 5.84 Å². The molecule has 1 heterocycles. The number of aromatic nitrogens is 2. The number of nitrogens with one attached hydrogen (secondary N) is 1. The highest BCUT2D eigenvalue weighted by atomic mass is 15.2. The zero-order valence-corrected chi connectivity index (χ0v) is 6.99.